The molecule has 2 N–H and O–H groups in total. The Kier molecular flexibility index (Phi) is 3.34. The second-order valence-electron chi connectivity index (χ2n) is 6.87. The standard InChI is InChI=1S/C17H24N2O2/c1-16(2)12-10-11(6-7-13(12)19-15(16)20)14(18-4)17(3)8-5-9-21-17/h6-7,10,14,18H,5,8-9H2,1-4H3,(H,19,20). The average molecular weight is 288 g/mol. The van der Waals surface area contributed by atoms with Gasteiger partial charge in [0, 0.05) is 12.3 Å². The van der Waals surface area contributed by atoms with Crippen LogP contribution >= 0.6 is 0 Å². The normalized spacial score (nSPS) is 28.3. The second kappa shape index (κ2) is 4.82. The number of nitrogens with one attached hydrogen (secondary N) is 2. The summed E-state index contributed by atoms with van der Waals surface area (Å²) in [4.78, 5) is 12.1. The molecule has 2 unspecified atom stereocenters. The molecule has 0 spiro atoms. The molecule has 21 heavy (non-hydrogen) atoms. The molecule has 0 radical (unpaired) electrons. The monoisotopic (exact) mass is 288 g/mol. The number of benzene rings is 1. The molecule has 1 saturated heterocycles. The van der Waals surface area contributed by atoms with Crippen LogP contribution in [-0.2, 0) is 14.9 Å². The Balaban J connectivity index is 2.01. The maximum Gasteiger partial charge on any atom is 0.234 e. The summed E-state index contributed by atoms with van der Waals surface area (Å²) in [5, 5.41) is 6.36. The predicted molar refractivity (Wildman–Crippen MR) is 83.5 cm³/mol. The zero-order valence-corrected chi connectivity index (χ0v) is 13.2. The minimum absolute atomic E-state index is 0.0685. The molecule has 0 aliphatic carbocycles. The summed E-state index contributed by atoms with van der Waals surface area (Å²) in [6.45, 7) is 6.94. The van der Waals surface area contributed by atoms with Gasteiger partial charge in [0.05, 0.1) is 17.1 Å². The molecular weight excluding hydrogens is 264 g/mol. The van der Waals surface area contributed by atoms with Crippen LogP contribution in [0.5, 0.6) is 0 Å². The molecule has 0 bridgehead atoms. The van der Waals surface area contributed by atoms with E-state index in [4.69, 9.17) is 4.74 Å². The molecule has 0 aromatic heterocycles. The fourth-order valence-corrected chi connectivity index (χ4v) is 3.62. The zero-order valence-electron chi connectivity index (χ0n) is 13.2. The Labute approximate surface area is 126 Å². The lowest BCUT2D eigenvalue weighted by Gasteiger charge is -2.34. The molecule has 1 aromatic carbocycles. The Bertz CT molecular complexity index is 574. The van der Waals surface area contributed by atoms with Crippen molar-refractivity contribution in [2.75, 3.05) is 19.0 Å². The van der Waals surface area contributed by atoms with Crippen molar-refractivity contribution in [3.8, 4) is 0 Å². The largest absolute Gasteiger partial charge is 0.373 e. The van der Waals surface area contributed by atoms with Crippen LogP contribution in [0.2, 0.25) is 0 Å². The van der Waals surface area contributed by atoms with E-state index in [0.29, 0.717) is 0 Å². The molecule has 1 aromatic rings. The van der Waals surface area contributed by atoms with E-state index in [-0.39, 0.29) is 17.6 Å². The predicted octanol–water partition coefficient (Wildman–Crippen LogP) is 2.75. The van der Waals surface area contributed by atoms with Crippen LogP contribution in [0.15, 0.2) is 18.2 Å². The van der Waals surface area contributed by atoms with Crippen molar-refractivity contribution < 1.29 is 9.53 Å². The highest BCUT2D eigenvalue weighted by Crippen LogP contribution is 2.42. The van der Waals surface area contributed by atoms with E-state index in [1.54, 1.807) is 0 Å². The number of carbonyl (C=O) groups excluding carboxylic acids is 1. The van der Waals surface area contributed by atoms with Crippen LogP contribution in [0.4, 0.5) is 5.69 Å². The highest BCUT2D eigenvalue weighted by atomic mass is 16.5. The van der Waals surface area contributed by atoms with Gasteiger partial charge in [-0.05, 0) is 57.9 Å². The van der Waals surface area contributed by atoms with Gasteiger partial charge in [0.1, 0.15) is 0 Å². The third kappa shape index (κ3) is 2.17. The Morgan fingerprint density at radius 2 is 2.10 bits per heavy atom. The van der Waals surface area contributed by atoms with E-state index < -0.39 is 5.41 Å². The number of rotatable bonds is 3. The quantitative estimate of drug-likeness (QED) is 0.899. The first kappa shape index (κ1) is 14.5. The molecule has 1 amide bonds. The van der Waals surface area contributed by atoms with Crippen molar-refractivity contribution >= 4 is 11.6 Å². The van der Waals surface area contributed by atoms with Crippen molar-refractivity contribution in [3.05, 3.63) is 29.3 Å². The van der Waals surface area contributed by atoms with Gasteiger partial charge in [-0.25, -0.2) is 0 Å². The van der Waals surface area contributed by atoms with Crippen LogP contribution in [-0.4, -0.2) is 25.2 Å². The summed E-state index contributed by atoms with van der Waals surface area (Å²) in [6, 6.07) is 6.40. The van der Waals surface area contributed by atoms with Crippen molar-refractivity contribution in [3.63, 3.8) is 0 Å². The summed E-state index contributed by atoms with van der Waals surface area (Å²) < 4.78 is 6.00. The number of likely N-dealkylation sites (N-methyl/N-ethyl adjacent to an activating group) is 1. The van der Waals surface area contributed by atoms with Crippen molar-refractivity contribution in [2.24, 2.45) is 0 Å². The molecule has 114 valence electrons. The molecule has 2 aliphatic rings. The molecule has 2 aliphatic heterocycles. The number of amides is 1. The molecule has 0 saturated carbocycles. The van der Waals surface area contributed by atoms with E-state index in [1.807, 2.05) is 27.0 Å². The SMILES string of the molecule is CNC(c1ccc2c(c1)C(C)(C)C(=O)N2)C1(C)CCCO1. The lowest BCUT2D eigenvalue weighted by molar-refractivity contribution is -0.119. The van der Waals surface area contributed by atoms with Crippen molar-refractivity contribution in [1.29, 1.82) is 0 Å². The van der Waals surface area contributed by atoms with Crippen LogP contribution in [0.3, 0.4) is 0 Å². The number of hydrogen-bond acceptors (Lipinski definition) is 3. The van der Waals surface area contributed by atoms with Crippen molar-refractivity contribution in [1.82, 2.24) is 5.32 Å². The minimum atomic E-state index is -0.471. The van der Waals surface area contributed by atoms with E-state index in [1.165, 1.54) is 5.56 Å². The first-order chi connectivity index (χ1) is 9.88. The molecule has 2 heterocycles. The van der Waals surface area contributed by atoms with E-state index >= 15 is 0 Å². The third-order valence-electron chi connectivity index (χ3n) is 5.01. The van der Waals surface area contributed by atoms with Gasteiger partial charge in [-0.1, -0.05) is 12.1 Å². The summed E-state index contributed by atoms with van der Waals surface area (Å²) in [5.74, 6) is 0.0685. The molecular formula is C17H24N2O2. The van der Waals surface area contributed by atoms with E-state index in [9.17, 15) is 4.79 Å². The molecule has 4 heteroatoms. The zero-order chi connectivity index (χ0) is 15.3. The van der Waals surface area contributed by atoms with Gasteiger partial charge in [0.2, 0.25) is 5.91 Å². The smallest absolute Gasteiger partial charge is 0.234 e. The number of fused-ring (bicyclic) bond motifs is 1. The Morgan fingerprint density at radius 1 is 1.33 bits per heavy atom. The fourth-order valence-electron chi connectivity index (χ4n) is 3.62. The lowest BCUT2D eigenvalue weighted by Crippen LogP contribution is -2.39. The number of hydrogen-bond donors (Lipinski definition) is 2. The van der Waals surface area contributed by atoms with Gasteiger partial charge in [0.15, 0.2) is 0 Å². The van der Waals surface area contributed by atoms with Gasteiger partial charge in [-0.3, -0.25) is 4.79 Å². The van der Waals surface area contributed by atoms with Crippen LogP contribution in [0.1, 0.15) is 50.8 Å². The first-order valence-electron chi connectivity index (χ1n) is 7.65. The van der Waals surface area contributed by atoms with E-state index in [2.05, 4.69) is 29.7 Å². The van der Waals surface area contributed by atoms with Gasteiger partial charge in [-0.15, -0.1) is 0 Å². The van der Waals surface area contributed by atoms with E-state index in [0.717, 1.165) is 30.7 Å². The fraction of sp³-hybridized carbons (Fsp3) is 0.588. The highest BCUT2D eigenvalue weighted by molar-refractivity contribution is 6.05. The summed E-state index contributed by atoms with van der Waals surface area (Å²) in [6.07, 6.45) is 2.15. The van der Waals surface area contributed by atoms with Crippen LogP contribution in [0.25, 0.3) is 0 Å². The molecule has 2 atom stereocenters. The second-order valence-corrected chi connectivity index (χ2v) is 6.87. The number of carbonyl (C=O) groups is 1. The van der Waals surface area contributed by atoms with Gasteiger partial charge < -0.3 is 15.4 Å². The van der Waals surface area contributed by atoms with Gasteiger partial charge >= 0.3 is 0 Å². The summed E-state index contributed by atoms with van der Waals surface area (Å²) in [7, 11) is 1.97. The summed E-state index contributed by atoms with van der Waals surface area (Å²) in [5.41, 5.74) is 2.54. The van der Waals surface area contributed by atoms with Crippen LogP contribution < -0.4 is 10.6 Å². The maximum atomic E-state index is 12.1. The highest BCUT2D eigenvalue weighted by Gasteiger charge is 2.42. The number of ether oxygens (including phenoxy) is 1. The number of anilines is 1. The topological polar surface area (TPSA) is 50.4 Å². The van der Waals surface area contributed by atoms with Gasteiger partial charge in [-0.2, -0.15) is 0 Å². The first-order valence-corrected chi connectivity index (χ1v) is 7.65. The summed E-state index contributed by atoms with van der Waals surface area (Å²) >= 11 is 0. The lowest BCUT2D eigenvalue weighted by atomic mass is 9.82. The molecule has 3 rings (SSSR count). The molecule has 4 nitrogen and oxygen atoms in total. The molecule has 1 fully saturated rings. The van der Waals surface area contributed by atoms with Crippen molar-refractivity contribution in [2.45, 2.75) is 50.7 Å². The Morgan fingerprint density at radius 3 is 2.71 bits per heavy atom. The van der Waals surface area contributed by atoms with Crippen LogP contribution in [0, 0.1) is 0 Å². The third-order valence-corrected chi connectivity index (χ3v) is 5.01. The average Bonchev–Trinajstić information content (AvgIpc) is 2.96. The maximum absolute atomic E-state index is 12.1. The Hall–Kier alpha value is -1.39. The van der Waals surface area contributed by atoms with Gasteiger partial charge in [0.25, 0.3) is 0 Å². The minimum Gasteiger partial charge on any atom is -0.373 e.